The quantitative estimate of drug-likeness (QED) is 0.645. The zero-order valence-corrected chi connectivity index (χ0v) is 12.5. The summed E-state index contributed by atoms with van der Waals surface area (Å²) < 4.78 is 1.09. The summed E-state index contributed by atoms with van der Waals surface area (Å²) in [6.07, 6.45) is 5.96. The number of nitro groups is 1. The molecule has 1 aliphatic carbocycles. The summed E-state index contributed by atoms with van der Waals surface area (Å²) in [7, 11) is 0. The first-order valence-corrected chi connectivity index (χ1v) is 7.37. The van der Waals surface area contributed by atoms with Crippen LogP contribution in [0.3, 0.4) is 0 Å². The van der Waals surface area contributed by atoms with Gasteiger partial charge in [-0.05, 0) is 28.7 Å². The van der Waals surface area contributed by atoms with E-state index in [4.69, 9.17) is 0 Å². The molecule has 1 heterocycles. The molecule has 0 aromatic carbocycles. The molecule has 1 amide bonds. The minimum atomic E-state index is -0.661. The summed E-state index contributed by atoms with van der Waals surface area (Å²) in [5.41, 5.74) is 0. The topological polar surface area (TPSA) is 103 Å². The Morgan fingerprint density at radius 2 is 2.15 bits per heavy atom. The number of carbonyl (C=O) groups is 1. The SMILES string of the molecule is O=C(Cn1nc(Br)nc1[N+](=O)[O-])NCC1CCCCC1. The largest absolute Gasteiger partial charge is 0.457 e. The van der Waals surface area contributed by atoms with E-state index in [1.54, 1.807) is 0 Å². The van der Waals surface area contributed by atoms with Crippen molar-refractivity contribution >= 4 is 27.8 Å². The van der Waals surface area contributed by atoms with Gasteiger partial charge in [-0.3, -0.25) is 4.79 Å². The zero-order chi connectivity index (χ0) is 14.5. The smallest absolute Gasteiger partial charge is 0.390 e. The Labute approximate surface area is 124 Å². The van der Waals surface area contributed by atoms with Crippen LogP contribution in [-0.2, 0) is 11.3 Å². The monoisotopic (exact) mass is 345 g/mol. The maximum absolute atomic E-state index is 11.8. The standard InChI is InChI=1S/C11H16BrN5O3/c12-10-14-11(17(19)20)16(15-10)7-9(18)13-6-8-4-2-1-3-5-8/h8H,1-7H2,(H,13,18). The van der Waals surface area contributed by atoms with E-state index in [9.17, 15) is 14.9 Å². The van der Waals surface area contributed by atoms with Crippen LogP contribution in [0.15, 0.2) is 4.73 Å². The highest BCUT2D eigenvalue weighted by molar-refractivity contribution is 9.10. The summed E-state index contributed by atoms with van der Waals surface area (Å²) in [5.74, 6) is -0.203. The minimum Gasteiger partial charge on any atom is -0.390 e. The van der Waals surface area contributed by atoms with Crippen LogP contribution in [0.1, 0.15) is 32.1 Å². The molecule has 1 fully saturated rings. The maximum Gasteiger partial charge on any atom is 0.457 e. The van der Waals surface area contributed by atoms with E-state index in [1.165, 1.54) is 19.3 Å². The molecule has 0 bridgehead atoms. The summed E-state index contributed by atoms with van der Waals surface area (Å²) in [5, 5.41) is 17.3. The predicted molar refractivity (Wildman–Crippen MR) is 74.0 cm³/mol. The van der Waals surface area contributed by atoms with Crippen LogP contribution in [-0.4, -0.2) is 32.1 Å². The van der Waals surface area contributed by atoms with Crippen molar-refractivity contribution in [1.29, 1.82) is 0 Å². The number of aromatic nitrogens is 3. The Morgan fingerprint density at radius 1 is 1.45 bits per heavy atom. The van der Waals surface area contributed by atoms with Crippen LogP contribution < -0.4 is 5.32 Å². The Hall–Kier alpha value is -1.51. The fourth-order valence-electron chi connectivity index (χ4n) is 2.39. The molecule has 110 valence electrons. The molecule has 9 heteroatoms. The molecule has 0 radical (unpaired) electrons. The number of nitrogens with zero attached hydrogens (tertiary/aromatic N) is 4. The van der Waals surface area contributed by atoms with Crippen LogP contribution in [0, 0.1) is 16.0 Å². The molecular formula is C11H16BrN5O3. The molecule has 8 nitrogen and oxygen atoms in total. The highest BCUT2D eigenvalue weighted by Crippen LogP contribution is 2.22. The lowest BCUT2D eigenvalue weighted by Crippen LogP contribution is -2.33. The second-order valence-corrected chi connectivity index (χ2v) is 5.61. The third-order valence-corrected chi connectivity index (χ3v) is 3.73. The summed E-state index contributed by atoms with van der Waals surface area (Å²) in [4.78, 5) is 25.5. The van der Waals surface area contributed by atoms with E-state index in [0.717, 1.165) is 17.5 Å². The summed E-state index contributed by atoms with van der Waals surface area (Å²) in [6, 6.07) is 0. The number of rotatable bonds is 5. The van der Waals surface area contributed by atoms with Gasteiger partial charge in [0.15, 0.2) is 6.54 Å². The average molecular weight is 346 g/mol. The van der Waals surface area contributed by atoms with Gasteiger partial charge in [0.05, 0.1) is 0 Å². The van der Waals surface area contributed by atoms with Crippen molar-refractivity contribution < 1.29 is 9.72 Å². The van der Waals surface area contributed by atoms with Crippen molar-refractivity contribution in [1.82, 2.24) is 20.1 Å². The molecule has 0 unspecified atom stereocenters. The van der Waals surface area contributed by atoms with E-state index in [0.29, 0.717) is 12.5 Å². The molecular weight excluding hydrogens is 330 g/mol. The van der Waals surface area contributed by atoms with Crippen LogP contribution in [0.2, 0.25) is 0 Å². The molecule has 0 spiro atoms. The fourth-order valence-corrected chi connectivity index (χ4v) is 2.74. The lowest BCUT2D eigenvalue weighted by atomic mass is 9.89. The molecule has 20 heavy (non-hydrogen) atoms. The lowest BCUT2D eigenvalue weighted by molar-refractivity contribution is -0.397. The van der Waals surface area contributed by atoms with Gasteiger partial charge in [0.1, 0.15) is 0 Å². The Balaban J connectivity index is 1.86. The van der Waals surface area contributed by atoms with E-state index in [-0.39, 0.29) is 17.2 Å². The highest BCUT2D eigenvalue weighted by Gasteiger charge is 2.23. The van der Waals surface area contributed by atoms with E-state index in [2.05, 4.69) is 31.3 Å². The first-order chi connectivity index (χ1) is 9.56. The Bertz CT molecular complexity index is 498. The molecule has 2 rings (SSSR count). The van der Waals surface area contributed by atoms with Gasteiger partial charge >= 0.3 is 10.7 Å². The predicted octanol–water partition coefficient (Wildman–Crippen LogP) is 1.65. The van der Waals surface area contributed by atoms with Crippen LogP contribution in [0.25, 0.3) is 0 Å². The van der Waals surface area contributed by atoms with E-state index < -0.39 is 10.9 Å². The average Bonchev–Trinajstić information content (AvgIpc) is 2.79. The van der Waals surface area contributed by atoms with Gasteiger partial charge < -0.3 is 15.4 Å². The number of nitrogens with one attached hydrogen (secondary N) is 1. The van der Waals surface area contributed by atoms with Crippen molar-refractivity contribution in [3.05, 3.63) is 14.8 Å². The number of hydrogen-bond acceptors (Lipinski definition) is 5. The third-order valence-electron chi connectivity index (χ3n) is 3.40. The van der Waals surface area contributed by atoms with Crippen molar-refractivity contribution in [2.75, 3.05) is 6.54 Å². The molecule has 1 aromatic rings. The molecule has 0 atom stereocenters. The number of halogens is 1. The Morgan fingerprint density at radius 3 is 2.80 bits per heavy atom. The molecule has 0 saturated heterocycles. The van der Waals surface area contributed by atoms with Crippen molar-refractivity contribution in [3.63, 3.8) is 0 Å². The third kappa shape index (κ3) is 3.99. The summed E-state index contributed by atoms with van der Waals surface area (Å²) in [6.45, 7) is 0.435. The number of amides is 1. The lowest BCUT2D eigenvalue weighted by Gasteiger charge is -2.21. The van der Waals surface area contributed by atoms with Crippen LogP contribution in [0.5, 0.6) is 0 Å². The minimum absolute atomic E-state index is 0.101. The molecule has 1 saturated carbocycles. The van der Waals surface area contributed by atoms with E-state index in [1.807, 2.05) is 0 Å². The van der Waals surface area contributed by atoms with Gasteiger partial charge in [0.2, 0.25) is 0 Å². The normalized spacial score (nSPS) is 16.1. The molecule has 1 N–H and O–H groups in total. The number of carbonyl (C=O) groups excluding carboxylic acids is 1. The zero-order valence-electron chi connectivity index (χ0n) is 10.9. The van der Waals surface area contributed by atoms with Crippen LogP contribution in [0.4, 0.5) is 5.95 Å². The number of hydrogen-bond donors (Lipinski definition) is 1. The first kappa shape index (κ1) is 14.9. The highest BCUT2D eigenvalue weighted by atomic mass is 79.9. The van der Waals surface area contributed by atoms with Crippen molar-refractivity contribution in [2.24, 2.45) is 5.92 Å². The molecule has 1 aromatic heterocycles. The van der Waals surface area contributed by atoms with Gasteiger partial charge in [0.25, 0.3) is 5.91 Å². The second kappa shape index (κ2) is 6.78. The van der Waals surface area contributed by atoms with Gasteiger partial charge in [-0.1, -0.05) is 24.4 Å². The van der Waals surface area contributed by atoms with Gasteiger partial charge in [-0.15, -0.1) is 4.68 Å². The van der Waals surface area contributed by atoms with Gasteiger partial charge in [-0.25, -0.2) is 0 Å². The van der Waals surface area contributed by atoms with Crippen molar-refractivity contribution in [2.45, 2.75) is 38.6 Å². The van der Waals surface area contributed by atoms with E-state index >= 15 is 0 Å². The second-order valence-electron chi connectivity index (χ2n) is 4.90. The fraction of sp³-hybridized carbons (Fsp3) is 0.727. The summed E-state index contributed by atoms with van der Waals surface area (Å²) >= 11 is 2.96. The maximum atomic E-state index is 11.8. The van der Waals surface area contributed by atoms with Crippen LogP contribution >= 0.6 is 15.9 Å². The first-order valence-electron chi connectivity index (χ1n) is 6.57. The van der Waals surface area contributed by atoms with Gasteiger partial charge in [0, 0.05) is 22.5 Å². The molecule has 0 aliphatic heterocycles. The molecule has 1 aliphatic rings. The van der Waals surface area contributed by atoms with Crippen molar-refractivity contribution in [3.8, 4) is 0 Å². The van der Waals surface area contributed by atoms with Gasteiger partial charge in [-0.2, -0.15) is 0 Å². The Kier molecular flexibility index (Phi) is 5.05.